The molecule has 0 spiro atoms. The summed E-state index contributed by atoms with van der Waals surface area (Å²) in [4.78, 5) is 15.2. The molecule has 0 aliphatic carbocycles. The molecule has 3 heterocycles. The van der Waals surface area contributed by atoms with E-state index in [9.17, 15) is 18.0 Å². The summed E-state index contributed by atoms with van der Waals surface area (Å²) >= 11 is 0. The van der Waals surface area contributed by atoms with E-state index in [1.807, 2.05) is 4.90 Å². The van der Waals surface area contributed by atoms with Crippen LogP contribution in [0.5, 0.6) is 5.75 Å². The van der Waals surface area contributed by atoms with E-state index in [1.165, 1.54) is 0 Å². The van der Waals surface area contributed by atoms with Crippen molar-refractivity contribution in [2.24, 2.45) is 7.05 Å². The Morgan fingerprint density at radius 1 is 1.13 bits per heavy atom. The molecule has 2 atom stereocenters. The van der Waals surface area contributed by atoms with Crippen molar-refractivity contribution in [3.63, 3.8) is 0 Å². The van der Waals surface area contributed by atoms with Crippen LogP contribution >= 0.6 is 0 Å². The summed E-state index contributed by atoms with van der Waals surface area (Å²) in [6, 6.07) is 8.75. The van der Waals surface area contributed by atoms with Crippen molar-refractivity contribution in [1.82, 2.24) is 14.7 Å². The number of aromatic nitrogens is 2. The lowest BCUT2D eigenvalue weighted by atomic mass is 9.94. The molecule has 1 aromatic heterocycles. The molecule has 2 aromatic carbocycles. The number of aryl methyl sites for hydroxylation is 1. The average Bonchev–Trinajstić information content (AvgIpc) is 3.27. The van der Waals surface area contributed by atoms with E-state index < -0.39 is 17.5 Å². The third kappa shape index (κ3) is 3.00. The molecule has 0 saturated carbocycles. The Bertz CT molecular complexity index is 1180. The Morgan fingerprint density at radius 2 is 1.87 bits per heavy atom. The first-order chi connectivity index (χ1) is 14.9. The molecule has 1 unspecified atom stereocenters. The minimum absolute atomic E-state index is 0.0470. The van der Waals surface area contributed by atoms with Gasteiger partial charge in [-0.2, -0.15) is 5.10 Å². The number of hydrogen-bond acceptors (Lipinski definition) is 3. The fraction of sp³-hybridized carbons (Fsp3) is 0.304. The van der Waals surface area contributed by atoms with Gasteiger partial charge in [-0.15, -0.1) is 0 Å². The zero-order valence-corrected chi connectivity index (χ0v) is 17.0. The molecule has 31 heavy (non-hydrogen) atoms. The van der Waals surface area contributed by atoms with Gasteiger partial charge < -0.3 is 9.64 Å². The molecule has 5 rings (SSSR count). The number of nitrogens with zero attached hydrogens (tertiary/aromatic N) is 3. The van der Waals surface area contributed by atoms with Crippen molar-refractivity contribution in [1.29, 1.82) is 0 Å². The Balaban J connectivity index is 1.55. The lowest BCUT2D eigenvalue weighted by molar-refractivity contribution is 0.0642. The van der Waals surface area contributed by atoms with E-state index in [2.05, 4.69) is 5.10 Å². The molecule has 3 aromatic rings. The Labute approximate surface area is 177 Å². The van der Waals surface area contributed by atoms with Crippen LogP contribution in [0.15, 0.2) is 36.4 Å². The maximum atomic E-state index is 13.9. The maximum absolute atomic E-state index is 13.9. The zero-order valence-electron chi connectivity index (χ0n) is 17.0. The number of benzene rings is 2. The maximum Gasteiger partial charge on any atom is 0.254 e. The predicted molar refractivity (Wildman–Crippen MR) is 107 cm³/mol. The fourth-order valence-electron chi connectivity index (χ4n) is 4.91. The molecule has 160 valence electrons. The number of fused-ring (bicyclic) bond motifs is 4. The van der Waals surface area contributed by atoms with E-state index in [0.29, 0.717) is 23.4 Å². The van der Waals surface area contributed by atoms with Crippen LogP contribution < -0.4 is 4.74 Å². The van der Waals surface area contributed by atoms with Crippen LogP contribution in [0, 0.1) is 17.5 Å². The predicted octanol–water partition coefficient (Wildman–Crippen LogP) is 4.42. The van der Waals surface area contributed by atoms with Crippen LogP contribution in [0.2, 0.25) is 0 Å². The van der Waals surface area contributed by atoms with Gasteiger partial charge in [-0.1, -0.05) is 6.07 Å². The molecular weight excluding hydrogens is 407 g/mol. The first-order valence-electron chi connectivity index (χ1n) is 10.1. The van der Waals surface area contributed by atoms with Crippen LogP contribution in [0.1, 0.15) is 40.5 Å². The van der Waals surface area contributed by atoms with Crippen LogP contribution in [0.25, 0.3) is 11.3 Å². The van der Waals surface area contributed by atoms with Gasteiger partial charge in [0, 0.05) is 29.8 Å². The van der Waals surface area contributed by atoms with Crippen LogP contribution in [-0.2, 0) is 13.5 Å². The molecular formula is C23H20F3N3O2. The summed E-state index contributed by atoms with van der Waals surface area (Å²) in [5.41, 5.74) is 2.92. The standard InChI is InChI=1S/C23H20F3N3O2/c1-28-22(13-9-17(24)20(26)18(25)10-13)16-11-14-6-7-19(21(16)27-28)29(14)23(30)12-4-3-5-15(8-12)31-2/h3-5,8-10,14,19H,6-7,11H2,1-2H3/t14?,19-/m0/s1. The molecule has 0 N–H and O–H groups in total. The molecule has 0 radical (unpaired) electrons. The van der Waals surface area contributed by atoms with Gasteiger partial charge in [-0.05, 0) is 49.6 Å². The number of halogens is 3. The van der Waals surface area contributed by atoms with E-state index in [1.54, 1.807) is 43.1 Å². The summed E-state index contributed by atoms with van der Waals surface area (Å²) in [6.45, 7) is 0. The van der Waals surface area contributed by atoms with Gasteiger partial charge in [0.2, 0.25) is 0 Å². The smallest absolute Gasteiger partial charge is 0.254 e. The number of carbonyl (C=O) groups is 1. The number of carbonyl (C=O) groups excluding carboxylic acids is 1. The van der Waals surface area contributed by atoms with Gasteiger partial charge >= 0.3 is 0 Å². The van der Waals surface area contributed by atoms with Gasteiger partial charge in [-0.3, -0.25) is 9.48 Å². The summed E-state index contributed by atoms with van der Waals surface area (Å²) < 4.78 is 48.0. The molecule has 2 bridgehead atoms. The fourth-order valence-corrected chi connectivity index (χ4v) is 4.91. The number of amides is 1. The van der Waals surface area contributed by atoms with E-state index in [0.717, 1.165) is 36.2 Å². The van der Waals surface area contributed by atoms with Crippen molar-refractivity contribution in [3.8, 4) is 17.0 Å². The third-order valence-electron chi connectivity index (χ3n) is 6.24. The zero-order chi connectivity index (χ0) is 21.9. The van der Waals surface area contributed by atoms with E-state index in [-0.39, 0.29) is 23.6 Å². The minimum Gasteiger partial charge on any atom is -0.497 e. The highest BCUT2D eigenvalue weighted by Crippen LogP contribution is 2.46. The largest absolute Gasteiger partial charge is 0.497 e. The highest BCUT2D eigenvalue weighted by Gasteiger charge is 2.45. The lowest BCUT2D eigenvalue weighted by Crippen LogP contribution is -2.41. The number of hydrogen-bond donors (Lipinski definition) is 0. The van der Waals surface area contributed by atoms with Crippen LogP contribution in [0.3, 0.4) is 0 Å². The second kappa shape index (κ2) is 7.14. The quantitative estimate of drug-likeness (QED) is 0.582. The van der Waals surface area contributed by atoms with Crippen LogP contribution in [-0.4, -0.2) is 33.7 Å². The van der Waals surface area contributed by atoms with Crippen LogP contribution in [0.4, 0.5) is 13.2 Å². The van der Waals surface area contributed by atoms with Crippen molar-refractivity contribution >= 4 is 5.91 Å². The summed E-state index contributed by atoms with van der Waals surface area (Å²) in [6.07, 6.45) is 2.09. The normalized spacial score (nSPS) is 19.5. The summed E-state index contributed by atoms with van der Waals surface area (Å²) in [7, 11) is 3.24. The first kappa shape index (κ1) is 19.7. The highest BCUT2D eigenvalue weighted by molar-refractivity contribution is 5.95. The number of rotatable bonds is 3. The molecule has 1 amide bonds. The Morgan fingerprint density at radius 3 is 2.58 bits per heavy atom. The number of ether oxygens (including phenoxy) is 1. The van der Waals surface area contributed by atoms with Gasteiger partial charge in [0.1, 0.15) is 5.75 Å². The van der Waals surface area contributed by atoms with E-state index in [4.69, 9.17) is 4.74 Å². The first-order valence-corrected chi connectivity index (χ1v) is 10.1. The third-order valence-corrected chi connectivity index (χ3v) is 6.24. The van der Waals surface area contributed by atoms with Gasteiger partial charge in [-0.25, -0.2) is 13.2 Å². The summed E-state index contributed by atoms with van der Waals surface area (Å²) in [5, 5.41) is 4.61. The molecule has 2 aliphatic rings. The number of methoxy groups -OCH3 is 1. The van der Waals surface area contributed by atoms with E-state index >= 15 is 0 Å². The second-order valence-electron chi connectivity index (χ2n) is 7.99. The van der Waals surface area contributed by atoms with Gasteiger partial charge in [0.15, 0.2) is 17.5 Å². The van der Waals surface area contributed by atoms with Crippen molar-refractivity contribution in [2.45, 2.75) is 31.3 Å². The lowest BCUT2D eigenvalue weighted by Gasteiger charge is -2.34. The SMILES string of the molecule is COc1cccc(C(=O)N2C3CC[C@H]2c2nn(C)c(-c4cc(F)c(F)c(F)c4)c2C3)c1. The second-order valence-corrected chi connectivity index (χ2v) is 7.99. The summed E-state index contributed by atoms with van der Waals surface area (Å²) in [5.74, 6) is -3.45. The molecule has 5 nitrogen and oxygen atoms in total. The van der Waals surface area contributed by atoms with Gasteiger partial charge in [0.25, 0.3) is 5.91 Å². The highest BCUT2D eigenvalue weighted by atomic mass is 19.2. The molecule has 1 fully saturated rings. The monoisotopic (exact) mass is 427 g/mol. The van der Waals surface area contributed by atoms with Crippen molar-refractivity contribution in [3.05, 3.63) is 70.7 Å². The molecule has 2 aliphatic heterocycles. The van der Waals surface area contributed by atoms with Crippen molar-refractivity contribution in [2.75, 3.05) is 7.11 Å². The van der Waals surface area contributed by atoms with Crippen molar-refractivity contribution < 1.29 is 22.7 Å². The Kier molecular flexibility index (Phi) is 4.53. The average molecular weight is 427 g/mol. The minimum atomic E-state index is -1.49. The topological polar surface area (TPSA) is 47.4 Å². The molecule has 1 saturated heterocycles. The van der Waals surface area contributed by atoms with Gasteiger partial charge in [0.05, 0.1) is 24.5 Å². The molecule has 8 heteroatoms. The Hall–Kier alpha value is -3.29.